The van der Waals surface area contributed by atoms with Crippen molar-refractivity contribution >= 4 is 11.5 Å². The highest BCUT2D eigenvalue weighted by molar-refractivity contribution is 5.59. The fourth-order valence-electron chi connectivity index (χ4n) is 3.53. The van der Waals surface area contributed by atoms with Gasteiger partial charge >= 0.3 is 0 Å². The lowest BCUT2D eigenvalue weighted by Gasteiger charge is -2.40. The number of hydrogen-bond donors (Lipinski definition) is 1. The smallest absolute Gasteiger partial charge is 0.146 e. The highest BCUT2D eigenvalue weighted by Gasteiger charge is 2.26. The average molecular weight is 285 g/mol. The fraction of sp³-hybridized carbons (Fsp3) is 0.625. The van der Waals surface area contributed by atoms with Gasteiger partial charge in [0, 0.05) is 19.1 Å². The number of anilines is 2. The van der Waals surface area contributed by atoms with Gasteiger partial charge in [-0.05, 0) is 44.8 Å². The van der Waals surface area contributed by atoms with Crippen LogP contribution in [0, 0.1) is 11.3 Å². The van der Waals surface area contributed by atoms with E-state index < -0.39 is 0 Å². The minimum Gasteiger partial charge on any atom is -0.397 e. The molecule has 5 nitrogen and oxygen atoms in total. The number of rotatable bonds is 2. The number of nitrogens with zero attached hydrogens (tertiary/aromatic N) is 4. The van der Waals surface area contributed by atoms with Gasteiger partial charge < -0.3 is 15.5 Å². The highest BCUT2D eigenvalue weighted by Crippen LogP contribution is 2.26. The van der Waals surface area contributed by atoms with Crippen molar-refractivity contribution < 1.29 is 0 Å². The summed E-state index contributed by atoms with van der Waals surface area (Å²) in [5, 5.41) is 9.25. The second kappa shape index (κ2) is 6.31. The quantitative estimate of drug-likeness (QED) is 0.900. The van der Waals surface area contributed by atoms with Crippen LogP contribution in [0.4, 0.5) is 11.5 Å². The molecule has 21 heavy (non-hydrogen) atoms. The molecule has 2 saturated heterocycles. The van der Waals surface area contributed by atoms with Crippen molar-refractivity contribution in [3.63, 3.8) is 0 Å². The zero-order chi connectivity index (χ0) is 14.7. The fourth-order valence-corrected chi connectivity index (χ4v) is 3.53. The molecule has 3 rings (SSSR count). The van der Waals surface area contributed by atoms with Gasteiger partial charge in [-0.15, -0.1) is 0 Å². The Morgan fingerprint density at radius 1 is 1.14 bits per heavy atom. The van der Waals surface area contributed by atoms with E-state index in [0.29, 0.717) is 17.3 Å². The first-order valence-corrected chi connectivity index (χ1v) is 7.92. The van der Waals surface area contributed by atoms with E-state index in [1.54, 1.807) is 12.3 Å². The third kappa shape index (κ3) is 3.11. The lowest BCUT2D eigenvalue weighted by molar-refractivity contribution is 0.141. The van der Waals surface area contributed by atoms with E-state index in [1.165, 1.54) is 32.4 Å². The van der Waals surface area contributed by atoms with Crippen LogP contribution in [0.3, 0.4) is 0 Å². The van der Waals surface area contributed by atoms with Gasteiger partial charge in [-0.1, -0.05) is 6.42 Å². The van der Waals surface area contributed by atoms with Gasteiger partial charge in [0.05, 0.1) is 17.4 Å². The number of hydrogen-bond acceptors (Lipinski definition) is 5. The van der Waals surface area contributed by atoms with Crippen LogP contribution in [0.5, 0.6) is 0 Å². The number of piperidine rings is 2. The van der Waals surface area contributed by atoms with E-state index in [2.05, 4.69) is 20.9 Å². The number of nitrogens with two attached hydrogens (primary N) is 1. The summed E-state index contributed by atoms with van der Waals surface area (Å²) in [6.07, 6.45) is 8.05. The van der Waals surface area contributed by atoms with Crippen LogP contribution in [-0.4, -0.2) is 42.1 Å². The molecule has 0 amide bonds. The van der Waals surface area contributed by atoms with Crippen LogP contribution in [0.2, 0.25) is 0 Å². The molecule has 0 aromatic carbocycles. The Balaban J connectivity index is 1.64. The maximum absolute atomic E-state index is 9.25. The first-order valence-electron chi connectivity index (χ1n) is 7.92. The third-order valence-corrected chi connectivity index (χ3v) is 4.68. The second-order valence-electron chi connectivity index (χ2n) is 6.07. The standard InChI is InChI=1S/C16H23N5/c17-11-13-10-14(18)12-19-16(13)21-8-4-15(5-9-21)20-6-2-1-3-7-20/h10,12,15H,1-9,18H2. The van der Waals surface area contributed by atoms with Crippen LogP contribution in [-0.2, 0) is 0 Å². The summed E-state index contributed by atoms with van der Waals surface area (Å²) in [5.41, 5.74) is 6.86. The van der Waals surface area contributed by atoms with Gasteiger partial charge in [-0.3, -0.25) is 0 Å². The van der Waals surface area contributed by atoms with Crippen LogP contribution >= 0.6 is 0 Å². The normalized spacial score (nSPS) is 21.2. The summed E-state index contributed by atoms with van der Waals surface area (Å²) in [7, 11) is 0. The third-order valence-electron chi connectivity index (χ3n) is 4.68. The molecule has 0 saturated carbocycles. The van der Waals surface area contributed by atoms with E-state index >= 15 is 0 Å². The van der Waals surface area contributed by atoms with Crippen LogP contribution in [0.25, 0.3) is 0 Å². The molecule has 1 aromatic rings. The van der Waals surface area contributed by atoms with Gasteiger partial charge in [0.25, 0.3) is 0 Å². The monoisotopic (exact) mass is 285 g/mol. The maximum atomic E-state index is 9.25. The minimum atomic E-state index is 0.554. The van der Waals surface area contributed by atoms with Crippen molar-refractivity contribution in [3.8, 4) is 6.07 Å². The van der Waals surface area contributed by atoms with E-state index in [0.717, 1.165) is 31.7 Å². The Morgan fingerprint density at radius 2 is 1.86 bits per heavy atom. The number of nitrogen functional groups attached to an aromatic ring is 1. The lowest BCUT2D eigenvalue weighted by Crippen LogP contribution is -2.47. The number of aromatic nitrogens is 1. The Kier molecular flexibility index (Phi) is 4.26. The summed E-state index contributed by atoms with van der Waals surface area (Å²) >= 11 is 0. The van der Waals surface area contributed by atoms with Gasteiger partial charge in [0.1, 0.15) is 11.9 Å². The second-order valence-corrected chi connectivity index (χ2v) is 6.07. The van der Waals surface area contributed by atoms with Crippen LogP contribution in [0.15, 0.2) is 12.3 Å². The molecule has 2 N–H and O–H groups in total. The molecule has 0 atom stereocenters. The first-order chi connectivity index (χ1) is 10.3. The molecule has 2 fully saturated rings. The molecule has 2 aliphatic heterocycles. The molecule has 0 aliphatic carbocycles. The lowest BCUT2D eigenvalue weighted by atomic mass is 9.99. The molecule has 0 unspecified atom stereocenters. The van der Waals surface area contributed by atoms with Crippen molar-refractivity contribution in [2.45, 2.75) is 38.1 Å². The maximum Gasteiger partial charge on any atom is 0.146 e. The molecule has 5 heteroatoms. The molecular formula is C16H23N5. The van der Waals surface area contributed by atoms with Gasteiger partial charge in [-0.2, -0.15) is 5.26 Å². The Hall–Kier alpha value is -1.80. The van der Waals surface area contributed by atoms with Crippen LogP contribution in [0.1, 0.15) is 37.7 Å². The summed E-state index contributed by atoms with van der Waals surface area (Å²) in [4.78, 5) is 9.26. The Labute approximate surface area is 126 Å². The van der Waals surface area contributed by atoms with Crippen molar-refractivity contribution in [1.82, 2.24) is 9.88 Å². The van der Waals surface area contributed by atoms with E-state index in [4.69, 9.17) is 5.73 Å². The predicted molar refractivity (Wildman–Crippen MR) is 84.0 cm³/mol. The molecule has 1 aromatic heterocycles. The van der Waals surface area contributed by atoms with E-state index in [1.807, 2.05) is 0 Å². The average Bonchev–Trinajstić information content (AvgIpc) is 2.56. The molecular weight excluding hydrogens is 262 g/mol. The summed E-state index contributed by atoms with van der Waals surface area (Å²) in [6.45, 7) is 4.47. The predicted octanol–water partition coefficient (Wildman–Crippen LogP) is 1.99. The first kappa shape index (κ1) is 14.2. The molecule has 0 radical (unpaired) electrons. The number of pyridine rings is 1. The zero-order valence-electron chi connectivity index (χ0n) is 12.5. The summed E-state index contributed by atoms with van der Waals surface area (Å²) in [6, 6.07) is 4.64. The Morgan fingerprint density at radius 3 is 2.52 bits per heavy atom. The summed E-state index contributed by atoms with van der Waals surface area (Å²) < 4.78 is 0. The Bertz CT molecular complexity index is 522. The van der Waals surface area contributed by atoms with Gasteiger partial charge in [0.2, 0.25) is 0 Å². The van der Waals surface area contributed by atoms with E-state index in [9.17, 15) is 5.26 Å². The largest absolute Gasteiger partial charge is 0.397 e. The molecule has 112 valence electrons. The summed E-state index contributed by atoms with van der Waals surface area (Å²) in [5.74, 6) is 0.795. The van der Waals surface area contributed by atoms with Gasteiger partial charge in [-0.25, -0.2) is 4.98 Å². The molecule has 0 bridgehead atoms. The van der Waals surface area contributed by atoms with Crippen molar-refractivity contribution in [1.29, 1.82) is 5.26 Å². The van der Waals surface area contributed by atoms with Crippen LogP contribution < -0.4 is 10.6 Å². The van der Waals surface area contributed by atoms with Crippen molar-refractivity contribution in [2.75, 3.05) is 36.8 Å². The topological polar surface area (TPSA) is 69.2 Å². The van der Waals surface area contributed by atoms with Crippen molar-refractivity contribution in [2.24, 2.45) is 0 Å². The minimum absolute atomic E-state index is 0.554. The van der Waals surface area contributed by atoms with Crippen molar-refractivity contribution in [3.05, 3.63) is 17.8 Å². The van der Waals surface area contributed by atoms with E-state index in [-0.39, 0.29) is 0 Å². The van der Waals surface area contributed by atoms with Gasteiger partial charge in [0.15, 0.2) is 0 Å². The number of nitriles is 1. The zero-order valence-corrected chi connectivity index (χ0v) is 12.5. The highest BCUT2D eigenvalue weighted by atomic mass is 15.2. The molecule has 3 heterocycles. The number of likely N-dealkylation sites (tertiary alicyclic amines) is 1. The SMILES string of the molecule is N#Cc1cc(N)cnc1N1CCC(N2CCCCC2)CC1. The molecule has 2 aliphatic rings. The molecule has 0 spiro atoms.